The summed E-state index contributed by atoms with van der Waals surface area (Å²) in [6.45, 7) is 3.79. The summed E-state index contributed by atoms with van der Waals surface area (Å²) < 4.78 is 38.0. The molecule has 4 rings (SSSR count). The first-order chi connectivity index (χ1) is 17.5. The van der Waals surface area contributed by atoms with Gasteiger partial charge in [-0.2, -0.15) is 13.2 Å². The van der Waals surface area contributed by atoms with Crippen molar-refractivity contribution in [1.82, 2.24) is 9.88 Å². The van der Waals surface area contributed by atoms with Gasteiger partial charge in [-0.3, -0.25) is 14.6 Å². The van der Waals surface area contributed by atoms with Gasteiger partial charge in [0.15, 0.2) is 5.78 Å². The lowest BCUT2D eigenvalue weighted by Crippen LogP contribution is -2.53. The van der Waals surface area contributed by atoms with Gasteiger partial charge >= 0.3 is 6.18 Å². The highest BCUT2D eigenvalue weighted by atomic mass is 35.5. The molecule has 5 nitrogen and oxygen atoms in total. The molecule has 1 saturated heterocycles. The molecule has 1 aliphatic rings. The smallest absolute Gasteiger partial charge is 0.365 e. The molecule has 0 spiro atoms. The van der Waals surface area contributed by atoms with E-state index < -0.39 is 11.9 Å². The Morgan fingerprint density at radius 1 is 1.05 bits per heavy atom. The van der Waals surface area contributed by atoms with Crippen molar-refractivity contribution in [2.45, 2.75) is 24.0 Å². The predicted octanol–water partition coefficient (Wildman–Crippen LogP) is 6.73. The minimum atomic E-state index is -4.56. The Morgan fingerprint density at radius 2 is 1.81 bits per heavy atom. The zero-order chi connectivity index (χ0) is 26.7. The van der Waals surface area contributed by atoms with Crippen molar-refractivity contribution in [2.75, 3.05) is 30.3 Å². The number of pyridine rings is 1. The average molecular weight is 568 g/mol. The Balaban J connectivity index is 1.35. The van der Waals surface area contributed by atoms with Gasteiger partial charge in [0, 0.05) is 58.6 Å². The summed E-state index contributed by atoms with van der Waals surface area (Å²) in [7, 11) is 0. The maximum absolute atomic E-state index is 13.1. The summed E-state index contributed by atoms with van der Waals surface area (Å²) in [6, 6.07) is 14.5. The van der Waals surface area contributed by atoms with Gasteiger partial charge < -0.3 is 9.80 Å². The molecule has 2 heterocycles. The number of halogens is 5. The van der Waals surface area contributed by atoms with E-state index in [0.29, 0.717) is 40.1 Å². The molecule has 37 heavy (non-hydrogen) atoms. The maximum atomic E-state index is 13.1. The molecule has 11 heteroatoms. The Hall–Kier alpha value is -2.75. The first kappa shape index (κ1) is 27.3. The third-order valence-electron chi connectivity index (χ3n) is 5.97. The van der Waals surface area contributed by atoms with Gasteiger partial charge in [0.2, 0.25) is 0 Å². The molecule has 0 aliphatic carbocycles. The van der Waals surface area contributed by atoms with Gasteiger partial charge in [-0.05, 0) is 55.5 Å². The van der Waals surface area contributed by atoms with Crippen molar-refractivity contribution in [3.8, 4) is 0 Å². The number of benzene rings is 2. The van der Waals surface area contributed by atoms with Crippen LogP contribution in [0.15, 0.2) is 65.7 Å². The summed E-state index contributed by atoms with van der Waals surface area (Å²) in [5, 5.41) is 0.980. The molecule has 0 radical (unpaired) electrons. The van der Waals surface area contributed by atoms with Gasteiger partial charge in [0.05, 0.1) is 10.8 Å². The normalized spacial score (nSPS) is 16.1. The molecule has 0 saturated carbocycles. The van der Waals surface area contributed by atoms with Crippen molar-refractivity contribution in [3.05, 3.63) is 87.7 Å². The van der Waals surface area contributed by atoms with Crippen LogP contribution in [0.3, 0.4) is 0 Å². The van der Waals surface area contributed by atoms with Crippen LogP contribution in [0.25, 0.3) is 0 Å². The van der Waals surface area contributed by atoms with E-state index in [1.807, 2.05) is 24.3 Å². The van der Waals surface area contributed by atoms with Crippen molar-refractivity contribution < 1.29 is 22.8 Å². The number of aromatic nitrogens is 1. The molecule has 0 unspecified atom stereocenters. The highest BCUT2D eigenvalue weighted by Crippen LogP contribution is 2.31. The molecule has 1 aliphatic heterocycles. The van der Waals surface area contributed by atoms with Gasteiger partial charge in [-0.25, -0.2) is 0 Å². The van der Waals surface area contributed by atoms with Crippen LogP contribution < -0.4 is 4.90 Å². The quantitative estimate of drug-likeness (QED) is 0.244. The summed E-state index contributed by atoms with van der Waals surface area (Å²) in [5.74, 6) is -0.555. The predicted molar refractivity (Wildman–Crippen MR) is 140 cm³/mol. The number of Topliss-reactive ketones (excluding diaryl/α,β-unsaturated/α-hetero) is 1. The van der Waals surface area contributed by atoms with Crippen LogP contribution in [-0.4, -0.2) is 53.0 Å². The molecular formula is C26H22Cl2F3N3O2S. The van der Waals surface area contributed by atoms with Crippen LogP contribution in [-0.2, 0) is 6.18 Å². The fraction of sp³-hybridized carbons (Fsp3) is 0.269. The molecule has 1 amide bonds. The highest BCUT2D eigenvalue weighted by molar-refractivity contribution is 8.00. The van der Waals surface area contributed by atoms with Crippen LogP contribution in [0.1, 0.15) is 33.3 Å². The lowest BCUT2D eigenvalue weighted by molar-refractivity contribution is -0.141. The number of ketones is 1. The number of rotatable bonds is 6. The molecular weight excluding hydrogens is 546 g/mol. The number of piperazine rings is 1. The number of anilines is 1. The number of hydrogen-bond donors (Lipinski definition) is 0. The third kappa shape index (κ3) is 6.58. The van der Waals surface area contributed by atoms with E-state index in [2.05, 4.69) is 16.8 Å². The SMILES string of the molecule is C[C@H]1CN(C(=O)c2ccc(SCC(=O)c3ccc(C(F)(F)F)nc3)c(Cl)c2)CCN1c1cccc(Cl)c1. The lowest BCUT2D eigenvalue weighted by atomic mass is 10.1. The fourth-order valence-electron chi connectivity index (χ4n) is 4.07. The number of nitrogens with zero attached hydrogens (tertiary/aromatic N) is 3. The molecule has 1 fully saturated rings. The molecule has 1 atom stereocenters. The van der Waals surface area contributed by atoms with E-state index in [1.165, 1.54) is 0 Å². The Kier molecular flexibility index (Phi) is 8.36. The van der Waals surface area contributed by atoms with E-state index in [9.17, 15) is 22.8 Å². The van der Waals surface area contributed by atoms with E-state index in [1.54, 1.807) is 23.1 Å². The molecule has 0 bridgehead atoms. The highest BCUT2D eigenvalue weighted by Gasteiger charge is 2.32. The topological polar surface area (TPSA) is 53.5 Å². The van der Waals surface area contributed by atoms with E-state index >= 15 is 0 Å². The maximum Gasteiger partial charge on any atom is 0.433 e. The van der Waals surface area contributed by atoms with Crippen LogP contribution in [0.2, 0.25) is 10.0 Å². The van der Waals surface area contributed by atoms with Crippen LogP contribution in [0.5, 0.6) is 0 Å². The summed E-state index contributed by atoms with van der Waals surface area (Å²) in [6.07, 6.45) is -3.65. The minimum Gasteiger partial charge on any atom is -0.365 e. The van der Waals surface area contributed by atoms with Gasteiger partial charge in [-0.1, -0.05) is 29.3 Å². The standard InChI is InChI=1S/C26H22Cl2F3N3O2S/c1-16-14-33(9-10-34(16)20-4-2-3-19(27)12-20)25(36)17-5-7-23(21(28)11-17)37-15-22(35)18-6-8-24(32-13-18)26(29,30)31/h2-8,11-13,16H,9-10,14-15H2,1H3/t16-/m0/s1. The average Bonchev–Trinajstić information content (AvgIpc) is 2.86. The minimum absolute atomic E-state index is 0.0387. The van der Waals surface area contributed by atoms with E-state index in [0.717, 1.165) is 35.8 Å². The lowest BCUT2D eigenvalue weighted by Gasteiger charge is -2.41. The van der Waals surface area contributed by atoms with E-state index in [4.69, 9.17) is 23.2 Å². The van der Waals surface area contributed by atoms with Crippen molar-refractivity contribution >= 4 is 52.3 Å². The monoisotopic (exact) mass is 567 g/mol. The van der Waals surface area contributed by atoms with Gasteiger partial charge in [-0.15, -0.1) is 11.8 Å². The number of amides is 1. The number of carbonyl (C=O) groups excluding carboxylic acids is 2. The number of carbonyl (C=O) groups is 2. The Morgan fingerprint density at radius 3 is 2.43 bits per heavy atom. The van der Waals surface area contributed by atoms with Crippen molar-refractivity contribution in [1.29, 1.82) is 0 Å². The second-order valence-corrected chi connectivity index (χ2v) is 10.4. The first-order valence-electron chi connectivity index (χ1n) is 11.3. The number of thioether (sulfide) groups is 1. The number of hydrogen-bond acceptors (Lipinski definition) is 5. The molecule has 3 aromatic rings. The second-order valence-electron chi connectivity index (χ2n) is 8.56. The summed E-state index contributed by atoms with van der Waals surface area (Å²) in [5.41, 5.74) is 0.476. The Labute approximate surface area is 226 Å². The zero-order valence-corrected chi connectivity index (χ0v) is 22.0. The second kappa shape index (κ2) is 11.3. The van der Waals surface area contributed by atoms with Crippen LogP contribution in [0, 0.1) is 0 Å². The van der Waals surface area contributed by atoms with Gasteiger partial charge in [0.1, 0.15) is 5.69 Å². The summed E-state index contributed by atoms with van der Waals surface area (Å²) >= 11 is 13.7. The molecule has 1 aromatic heterocycles. The van der Waals surface area contributed by atoms with Gasteiger partial charge in [0.25, 0.3) is 5.91 Å². The molecule has 0 N–H and O–H groups in total. The third-order valence-corrected chi connectivity index (χ3v) is 7.70. The van der Waals surface area contributed by atoms with Crippen molar-refractivity contribution in [3.63, 3.8) is 0 Å². The Bertz CT molecular complexity index is 1300. The molecule has 194 valence electrons. The number of alkyl halides is 3. The summed E-state index contributed by atoms with van der Waals surface area (Å²) in [4.78, 5) is 33.4. The molecule has 2 aromatic carbocycles. The van der Waals surface area contributed by atoms with E-state index in [-0.39, 0.29) is 29.0 Å². The van der Waals surface area contributed by atoms with Crippen LogP contribution >= 0.6 is 35.0 Å². The van der Waals surface area contributed by atoms with Crippen LogP contribution in [0.4, 0.5) is 18.9 Å². The largest absolute Gasteiger partial charge is 0.433 e. The van der Waals surface area contributed by atoms with Crippen molar-refractivity contribution in [2.24, 2.45) is 0 Å². The first-order valence-corrected chi connectivity index (χ1v) is 13.1. The fourth-order valence-corrected chi connectivity index (χ4v) is 5.41. The zero-order valence-electron chi connectivity index (χ0n) is 19.6.